The summed E-state index contributed by atoms with van der Waals surface area (Å²) in [4.78, 5) is 42.0. The molecule has 0 bridgehead atoms. The van der Waals surface area contributed by atoms with Crippen LogP contribution in [-0.4, -0.2) is 45.4 Å². The zero-order chi connectivity index (χ0) is 19.4. The molecular formula is C18H21N5O4. The molecule has 3 aromatic rings. The smallest absolute Gasteiger partial charge is 0.333 e. The zero-order valence-electron chi connectivity index (χ0n) is 15.2. The molecule has 9 nitrogen and oxygen atoms in total. The molecule has 1 N–H and O–H groups in total. The first-order valence-corrected chi connectivity index (χ1v) is 8.48. The van der Waals surface area contributed by atoms with Gasteiger partial charge in [0.2, 0.25) is 5.91 Å². The van der Waals surface area contributed by atoms with Crippen molar-refractivity contribution in [1.29, 1.82) is 0 Å². The van der Waals surface area contributed by atoms with E-state index >= 15 is 0 Å². The predicted octanol–water partition coefficient (Wildman–Crippen LogP) is -0.200. The topological polar surface area (TPSA) is 100 Å². The molecule has 0 saturated carbocycles. The SMILES string of the molecule is CNC(=O)Cn1c(=O)c2c(ncn2CCOC)n(Cc2ccccc2)c1=O. The second kappa shape index (κ2) is 8.00. The molecule has 0 unspecified atom stereocenters. The first-order chi connectivity index (χ1) is 13.1. The first-order valence-electron chi connectivity index (χ1n) is 8.48. The van der Waals surface area contributed by atoms with Gasteiger partial charge in [0.25, 0.3) is 5.56 Å². The van der Waals surface area contributed by atoms with E-state index in [9.17, 15) is 14.4 Å². The van der Waals surface area contributed by atoms with Crippen LogP contribution in [0.25, 0.3) is 11.2 Å². The zero-order valence-corrected chi connectivity index (χ0v) is 15.2. The minimum Gasteiger partial charge on any atom is -0.383 e. The first kappa shape index (κ1) is 18.6. The normalized spacial score (nSPS) is 11.0. The van der Waals surface area contributed by atoms with Crippen LogP contribution < -0.4 is 16.6 Å². The Morgan fingerprint density at radius 3 is 2.59 bits per heavy atom. The van der Waals surface area contributed by atoms with E-state index in [0.29, 0.717) is 13.2 Å². The predicted molar refractivity (Wildman–Crippen MR) is 99.7 cm³/mol. The second-order valence-electron chi connectivity index (χ2n) is 6.02. The molecule has 0 aliphatic heterocycles. The largest absolute Gasteiger partial charge is 0.383 e. The molecule has 1 aromatic carbocycles. The second-order valence-corrected chi connectivity index (χ2v) is 6.02. The number of imidazole rings is 1. The number of carbonyl (C=O) groups is 1. The molecule has 2 aromatic heterocycles. The lowest BCUT2D eigenvalue weighted by Gasteiger charge is -2.12. The Hall–Kier alpha value is -3.20. The van der Waals surface area contributed by atoms with E-state index in [1.54, 1.807) is 11.7 Å². The van der Waals surface area contributed by atoms with Crippen molar-refractivity contribution in [1.82, 2.24) is 24.0 Å². The maximum absolute atomic E-state index is 13.0. The molecule has 27 heavy (non-hydrogen) atoms. The van der Waals surface area contributed by atoms with Crippen LogP contribution in [-0.2, 0) is 29.2 Å². The summed E-state index contributed by atoms with van der Waals surface area (Å²) in [5, 5.41) is 2.44. The number of aromatic nitrogens is 4. The highest BCUT2D eigenvalue weighted by molar-refractivity contribution is 5.76. The number of rotatable bonds is 7. The molecule has 0 saturated heterocycles. The van der Waals surface area contributed by atoms with Crippen LogP contribution in [0.3, 0.4) is 0 Å². The van der Waals surface area contributed by atoms with Crippen molar-refractivity contribution in [3.63, 3.8) is 0 Å². The van der Waals surface area contributed by atoms with Crippen LogP contribution in [0.2, 0.25) is 0 Å². The number of benzene rings is 1. The molecule has 0 radical (unpaired) electrons. The van der Waals surface area contributed by atoms with E-state index in [4.69, 9.17) is 4.74 Å². The van der Waals surface area contributed by atoms with Crippen LogP contribution in [0.5, 0.6) is 0 Å². The Balaban J connectivity index is 2.22. The van der Waals surface area contributed by atoms with Gasteiger partial charge < -0.3 is 14.6 Å². The van der Waals surface area contributed by atoms with Crippen LogP contribution in [0.1, 0.15) is 5.56 Å². The van der Waals surface area contributed by atoms with Crippen molar-refractivity contribution < 1.29 is 9.53 Å². The van der Waals surface area contributed by atoms with Crippen molar-refractivity contribution in [2.24, 2.45) is 0 Å². The Bertz CT molecular complexity index is 1070. The monoisotopic (exact) mass is 371 g/mol. The number of nitrogens with one attached hydrogen (secondary N) is 1. The Morgan fingerprint density at radius 1 is 1.19 bits per heavy atom. The van der Waals surface area contributed by atoms with E-state index in [1.165, 1.54) is 17.9 Å². The Morgan fingerprint density at radius 2 is 1.93 bits per heavy atom. The standard InChI is InChI=1S/C18H21N5O4/c1-19-14(24)11-23-17(25)15-16(20-12-21(15)8-9-27-2)22(18(23)26)10-13-6-4-3-5-7-13/h3-7,12H,8-11H2,1-2H3,(H,19,24). The average Bonchev–Trinajstić information content (AvgIpc) is 3.11. The maximum Gasteiger partial charge on any atom is 0.333 e. The number of methoxy groups -OCH3 is 1. The van der Waals surface area contributed by atoms with Crippen molar-refractivity contribution in [2.45, 2.75) is 19.6 Å². The summed E-state index contributed by atoms with van der Waals surface area (Å²) in [7, 11) is 3.02. The van der Waals surface area contributed by atoms with Gasteiger partial charge in [-0.1, -0.05) is 30.3 Å². The molecule has 0 aliphatic rings. The molecular weight excluding hydrogens is 350 g/mol. The van der Waals surface area contributed by atoms with Gasteiger partial charge in [-0.3, -0.25) is 14.2 Å². The summed E-state index contributed by atoms with van der Waals surface area (Å²) in [6.45, 7) is 0.684. The van der Waals surface area contributed by atoms with E-state index in [2.05, 4.69) is 10.3 Å². The number of hydrogen-bond donors (Lipinski definition) is 1. The van der Waals surface area contributed by atoms with Crippen molar-refractivity contribution >= 4 is 17.1 Å². The summed E-state index contributed by atoms with van der Waals surface area (Å²) in [6.07, 6.45) is 1.51. The van der Waals surface area contributed by atoms with Crippen molar-refractivity contribution in [3.8, 4) is 0 Å². The molecule has 3 rings (SSSR count). The third-order valence-corrected chi connectivity index (χ3v) is 4.28. The summed E-state index contributed by atoms with van der Waals surface area (Å²) >= 11 is 0. The van der Waals surface area contributed by atoms with Crippen LogP contribution in [0.4, 0.5) is 0 Å². The lowest BCUT2D eigenvalue weighted by molar-refractivity contribution is -0.121. The van der Waals surface area contributed by atoms with Crippen molar-refractivity contribution in [3.05, 3.63) is 63.1 Å². The summed E-state index contributed by atoms with van der Waals surface area (Å²) in [5.41, 5.74) is 0.329. The van der Waals surface area contributed by atoms with Gasteiger partial charge in [0.15, 0.2) is 11.2 Å². The molecule has 142 valence electrons. The van der Waals surface area contributed by atoms with Gasteiger partial charge in [-0.2, -0.15) is 0 Å². The minimum absolute atomic E-state index is 0.242. The number of nitrogens with zero attached hydrogens (tertiary/aromatic N) is 4. The number of ether oxygens (including phenoxy) is 1. The minimum atomic E-state index is -0.572. The van der Waals surface area contributed by atoms with Gasteiger partial charge in [-0.05, 0) is 5.56 Å². The molecule has 9 heteroatoms. The van der Waals surface area contributed by atoms with E-state index < -0.39 is 17.2 Å². The maximum atomic E-state index is 13.0. The van der Waals surface area contributed by atoms with E-state index in [-0.39, 0.29) is 24.3 Å². The fourth-order valence-corrected chi connectivity index (χ4v) is 2.87. The number of fused-ring (bicyclic) bond motifs is 1. The molecule has 2 heterocycles. The molecule has 0 aliphatic carbocycles. The Kier molecular flexibility index (Phi) is 5.51. The lowest BCUT2D eigenvalue weighted by Crippen LogP contribution is -2.44. The number of carbonyl (C=O) groups excluding carboxylic acids is 1. The Labute approximate surface area is 154 Å². The van der Waals surface area contributed by atoms with Crippen molar-refractivity contribution in [2.75, 3.05) is 20.8 Å². The van der Waals surface area contributed by atoms with Gasteiger partial charge in [-0.15, -0.1) is 0 Å². The van der Waals surface area contributed by atoms with E-state index in [1.807, 2.05) is 30.3 Å². The summed E-state index contributed by atoms with van der Waals surface area (Å²) < 4.78 is 9.07. The fourth-order valence-electron chi connectivity index (χ4n) is 2.87. The number of likely N-dealkylation sites (N-methyl/N-ethyl adjacent to an activating group) is 1. The highest BCUT2D eigenvalue weighted by Crippen LogP contribution is 2.09. The van der Waals surface area contributed by atoms with Gasteiger partial charge >= 0.3 is 5.69 Å². The van der Waals surface area contributed by atoms with Gasteiger partial charge in [-0.25, -0.2) is 14.3 Å². The average molecular weight is 371 g/mol. The molecule has 0 atom stereocenters. The van der Waals surface area contributed by atoms with Gasteiger partial charge in [0.05, 0.1) is 19.5 Å². The lowest BCUT2D eigenvalue weighted by atomic mass is 10.2. The number of amides is 1. The quantitative estimate of drug-likeness (QED) is 0.620. The van der Waals surface area contributed by atoms with Crippen LogP contribution in [0, 0.1) is 0 Å². The number of hydrogen-bond acceptors (Lipinski definition) is 5. The van der Waals surface area contributed by atoms with Crippen LogP contribution in [0.15, 0.2) is 46.2 Å². The van der Waals surface area contributed by atoms with Gasteiger partial charge in [0, 0.05) is 20.7 Å². The highest BCUT2D eigenvalue weighted by atomic mass is 16.5. The molecule has 1 amide bonds. The van der Waals surface area contributed by atoms with E-state index in [0.717, 1.165) is 10.1 Å². The highest BCUT2D eigenvalue weighted by Gasteiger charge is 2.19. The third-order valence-electron chi connectivity index (χ3n) is 4.28. The van der Waals surface area contributed by atoms with Crippen LogP contribution >= 0.6 is 0 Å². The summed E-state index contributed by atoms with van der Waals surface area (Å²) in [6, 6.07) is 9.39. The van der Waals surface area contributed by atoms with Gasteiger partial charge in [0.1, 0.15) is 6.54 Å². The molecule has 0 fully saturated rings. The fraction of sp³-hybridized carbons (Fsp3) is 0.333. The summed E-state index contributed by atoms with van der Waals surface area (Å²) in [5.74, 6) is -0.428. The third kappa shape index (κ3) is 3.68. The molecule has 0 spiro atoms.